The topological polar surface area (TPSA) is 52.3 Å². The summed E-state index contributed by atoms with van der Waals surface area (Å²) in [7, 11) is 0. The molecule has 7 atom stereocenters. The lowest BCUT2D eigenvalue weighted by Crippen LogP contribution is -2.44. The van der Waals surface area contributed by atoms with Crippen LogP contribution < -0.4 is 5.32 Å². The van der Waals surface area contributed by atoms with Gasteiger partial charge in [-0.2, -0.15) is 0 Å². The van der Waals surface area contributed by atoms with Crippen molar-refractivity contribution in [2.45, 2.75) is 102 Å². The highest BCUT2D eigenvalue weighted by molar-refractivity contribution is 5.74. The Bertz CT molecular complexity index is 831. The van der Waals surface area contributed by atoms with Gasteiger partial charge >= 0.3 is 0 Å². The molecule has 4 heteroatoms. The van der Waals surface area contributed by atoms with Crippen molar-refractivity contribution in [3.05, 3.63) is 35.4 Å². The molecule has 2 aliphatic heterocycles. The minimum atomic E-state index is -0.604. The van der Waals surface area contributed by atoms with Crippen LogP contribution in [0.25, 0.3) is 0 Å². The summed E-state index contributed by atoms with van der Waals surface area (Å²) in [6.07, 6.45) is 13.1. The number of nitrogens with zero attached hydrogens (tertiary/aromatic N) is 1. The maximum absolute atomic E-state index is 11.3. The van der Waals surface area contributed by atoms with Crippen molar-refractivity contribution in [1.29, 1.82) is 0 Å². The predicted molar refractivity (Wildman–Crippen MR) is 133 cm³/mol. The standard InChI is InChI=1S/C29H44N2O2/c1-20(2)6-7-23-14-27(28(16-23)12-4-5-13-28)30-17-25-15-26(31-19-29(25,31)33)21(3)24-10-8-22(18-32)9-11-24/h8-11,18,20-21,23,25-27,30,33H,4-7,12-17,19H2,1-3H3/t21-,23-,25+,26-,27-,29+,31?/m1/s1. The third-order valence-corrected chi connectivity index (χ3v) is 9.92. The van der Waals surface area contributed by atoms with Gasteiger partial charge < -0.3 is 10.4 Å². The van der Waals surface area contributed by atoms with Gasteiger partial charge in [-0.1, -0.05) is 70.7 Å². The van der Waals surface area contributed by atoms with Crippen molar-refractivity contribution >= 4 is 6.29 Å². The fourth-order valence-corrected chi connectivity index (χ4v) is 7.80. The molecule has 2 heterocycles. The number of aldehydes is 1. The minimum Gasteiger partial charge on any atom is -0.374 e. The number of piperidine rings is 1. The van der Waals surface area contributed by atoms with E-state index in [2.05, 4.69) is 43.1 Å². The number of aliphatic hydroxyl groups is 1. The van der Waals surface area contributed by atoms with Crippen LogP contribution in [0.5, 0.6) is 0 Å². The molecule has 1 spiro atoms. The highest BCUT2D eigenvalue weighted by Gasteiger charge is 2.65. The molecule has 4 nitrogen and oxygen atoms in total. The number of carbonyl (C=O) groups is 1. The molecule has 182 valence electrons. The first-order valence-corrected chi connectivity index (χ1v) is 13.6. The Labute approximate surface area is 200 Å². The zero-order valence-corrected chi connectivity index (χ0v) is 20.9. The van der Waals surface area contributed by atoms with E-state index in [1.54, 1.807) is 0 Å². The van der Waals surface area contributed by atoms with Crippen LogP contribution in [-0.2, 0) is 0 Å². The lowest BCUT2D eigenvalue weighted by atomic mass is 9.79. The number of nitrogens with one attached hydrogen (secondary N) is 1. The molecule has 33 heavy (non-hydrogen) atoms. The maximum atomic E-state index is 11.3. The number of fused-ring (bicyclic) bond motifs is 1. The average Bonchev–Trinajstić information content (AvgIpc) is 3.12. The summed E-state index contributed by atoms with van der Waals surface area (Å²) in [6.45, 7) is 8.74. The highest BCUT2D eigenvalue weighted by Crippen LogP contribution is 2.55. The molecule has 0 radical (unpaired) electrons. The molecule has 2 saturated carbocycles. The summed E-state index contributed by atoms with van der Waals surface area (Å²) in [5.41, 5.74) is 1.92. The molecule has 4 aliphatic rings. The van der Waals surface area contributed by atoms with Crippen molar-refractivity contribution in [3.8, 4) is 0 Å². The zero-order chi connectivity index (χ0) is 23.2. The van der Waals surface area contributed by atoms with Crippen molar-refractivity contribution in [2.24, 2.45) is 23.2 Å². The van der Waals surface area contributed by atoms with Gasteiger partial charge in [-0.05, 0) is 60.8 Å². The third kappa shape index (κ3) is 4.44. The van der Waals surface area contributed by atoms with Gasteiger partial charge in [-0.15, -0.1) is 0 Å². The van der Waals surface area contributed by atoms with E-state index in [0.717, 1.165) is 43.2 Å². The highest BCUT2D eigenvalue weighted by atomic mass is 16.3. The summed E-state index contributed by atoms with van der Waals surface area (Å²) < 4.78 is 0. The van der Waals surface area contributed by atoms with Crippen molar-refractivity contribution < 1.29 is 9.90 Å². The Kier molecular flexibility index (Phi) is 6.48. The Balaban J connectivity index is 1.21. The number of carbonyl (C=O) groups excluding carboxylic acids is 1. The van der Waals surface area contributed by atoms with E-state index in [4.69, 9.17) is 0 Å². The van der Waals surface area contributed by atoms with Crippen LogP contribution in [0.2, 0.25) is 0 Å². The predicted octanol–water partition coefficient (Wildman–Crippen LogP) is 5.36. The first kappa shape index (κ1) is 23.5. The van der Waals surface area contributed by atoms with Crippen molar-refractivity contribution in [2.75, 3.05) is 13.1 Å². The Morgan fingerprint density at radius 1 is 1.15 bits per heavy atom. The van der Waals surface area contributed by atoms with Crippen molar-refractivity contribution in [1.82, 2.24) is 10.2 Å². The van der Waals surface area contributed by atoms with Gasteiger partial charge in [-0.25, -0.2) is 0 Å². The molecule has 0 aromatic heterocycles. The van der Waals surface area contributed by atoms with Gasteiger partial charge in [0.25, 0.3) is 0 Å². The van der Waals surface area contributed by atoms with Crippen LogP contribution in [0.15, 0.2) is 24.3 Å². The van der Waals surface area contributed by atoms with E-state index < -0.39 is 5.72 Å². The van der Waals surface area contributed by atoms with Gasteiger partial charge in [0.15, 0.2) is 0 Å². The second kappa shape index (κ2) is 9.09. The Morgan fingerprint density at radius 2 is 1.88 bits per heavy atom. The maximum Gasteiger partial charge on any atom is 0.150 e. The molecule has 1 aromatic rings. The average molecular weight is 453 g/mol. The number of hydrogen-bond acceptors (Lipinski definition) is 4. The van der Waals surface area contributed by atoms with Gasteiger partial charge in [0, 0.05) is 36.7 Å². The normalized spacial score (nSPS) is 37.5. The SMILES string of the molecule is CC(C)CC[C@@H]1C[C@@H](NC[C@@H]2C[C@H]([C@H](C)c3ccc(C=O)cc3)N3C[C@]23O)C2(CCCC2)C1. The molecule has 2 aliphatic carbocycles. The van der Waals surface area contributed by atoms with Crippen LogP contribution in [-0.4, -0.2) is 47.2 Å². The third-order valence-electron chi connectivity index (χ3n) is 9.92. The molecule has 4 fully saturated rings. The van der Waals surface area contributed by atoms with Crippen LogP contribution in [0, 0.1) is 23.2 Å². The fraction of sp³-hybridized carbons (Fsp3) is 0.759. The molecule has 2 saturated heterocycles. The Morgan fingerprint density at radius 3 is 2.55 bits per heavy atom. The van der Waals surface area contributed by atoms with Crippen LogP contribution >= 0.6 is 0 Å². The number of benzene rings is 1. The lowest BCUT2D eigenvalue weighted by molar-refractivity contribution is 0.0582. The molecular formula is C29H44N2O2. The fourth-order valence-electron chi connectivity index (χ4n) is 7.80. The van der Waals surface area contributed by atoms with E-state index in [-0.39, 0.29) is 0 Å². The monoisotopic (exact) mass is 452 g/mol. The molecule has 1 unspecified atom stereocenters. The number of rotatable bonds is 9. The second-order valence-corrected chi connectivity index (χ2v) is 12.4. The summed E-state index contributed by atoms with van der Waals surface area (Å²) in [5, 5.41) is 15.4. The summed E-state index contributed by atoms with van der Waals surface area (Å²) >= 11 is 0. The summed E-state index contributed by atoms with van der Waals surface area (Å²) in [5.74, 6) is 2.36. The number of hydrogen-bond donors (Lipinski definition) is 2. The van der Waals surface area contributed by atoms with E-state index in [1.807, 2.05) is 12.1 Å². The zero-order valence-electron chi connectivity index (χ0n) is 20.9. The summed E-state index contributed by atoms with van der Waals surface area (Å²) in [6, 6.07) is 9.02. The van der Waals surface area contributed by atoms with Crippen LogP contribution in [0.4, 0.5) is 0 Å². The molecule has 5 rings (SSSR count). The van der Waals surface area contributed by atoms with Crippen LogP contribution in [0.1, 0.15) is 100 Å². The van der Waals surface area contributed by atoms with Gasteiger partial charge in [0.1, 0.15) is 12.0 Å². The molecule has 0 amide bonds. The van der Waals surface area contributed by atoms with E-state index >= 15 is 0 Å². The Hall–Kier alpha value is -1.23. The van der Waals surface area contributed by atoms with Crippen molar-refractivity contribution in [3.63, 3.8) is 0 Å². The van der Waals surface area contributed by atoms with E-state index in [0.29, 0.717) is 29.3 Å². The van der Waals surface area contributed by atoms with Gasteiger partial charge in [0.2, 0.25) is 0 Å². The quantitative estimate of drug-likeness (QED) is 0.391. The first-order chi connectivity index (χ1) is 15.8. The van der Waals surface area contributed by atoms with E-state index in [1.165, 1.54) is 56.9 Å². The molecular weight excluding hydrogens is 408 g/mol. The molecule has 0 bridgehead atoms. The lowest BCUT2D eigenvalue weighted by Gasteiger charge is -2.33. The first-order valence-electron chi connectivity index (χ1n) is 13.6. The van der Waals surface area contributed by atoms with Gasteiger partial charge in [-0.3, -0.25) is 9.69 Å². The smallest absolute Gasteiger partial charge is 0.150 e. The largest absolute Gasteiger partial charge is 0.374 e. The minimum absolute atomic E-state index is 0.312. The second-order valence-electron chi connectivity index (χ2n) is 12.4. The molecule has 2 N–H and O–H groups in total. The van der Waals surface area contributed by atoms with E-state index in [9.17, 15) is 9.90 Å². The summed E-state index contributed by atoms with van der Waals surface area (Å²) in [4.78, 5) is 13.3. The van der Waals surface area contributed by atoms with Crippen LogP contribution in [0.3, 0.4) is 0 Å². The molecule has 1 aromatic carbocycles. The van der Waals surface area contributed by atoms with Gasteiger partial charge in [0.05, 0.1) is 0 Å².